The fraction of sp³-hybridized carbons (Fsp3) is 0.926. The Morgan fingerprint density at radius 2 is 1.18 bits per heavy atom. The van der Waals surface area contributed by atoms with Gasteiger partial charge < -0.3 is 5.11 Å². The summed E-state index contributed by atoms with van der Waals surface area (Å²) in [5.74, 6) is 9.56. The summed E-state index contributed by atoms with van der Waals surface area (Å²) in [6.45, 7) is 25.4. The molecule has 3 heteroatoms. The molecule has 0 amide bonds. The van der Waals surface area contributed by atoms with E-state index in [0.717, 1.165) is 85.4 Å². The van der Waals surface area contributed by atoms with Gasteiger partial charge >= 0.3 is 0 Å². The fourth-order valence-electron chi connectivity index (χ4n) is 17.6. The highest BCUT2D eigenvalue weighted by Gasteiger charge is 2.63. The molecule has 0 aromatic heterocycles. The molecule has 0 radical (unpaired) electrons. The minimum absolute atomic E-state index is 0.0140. The molecule has 1 N–H and O–H groups in total. The maximum atomic E-state index is 10.9. The van der Waals surface area contributed by atoms with Crippen molar-refractivity contribution in [2.75, 3.05) is 0 Å². The Labute approximate surface area is 352 Å². The summed E-state index contributed by atoms with van der Waals surface area (Å²) in [5.41, 5.74) is 4.67. The minimum Gasteiger partial charge on any atom is -0.393 e. The lowest BCUT2D eigenvalue weighted by molar-refractivity contribution is -0.363. The number of allylic oxidation sites excluding steroid dienone is 1. The number of hydrogen-bond acceptors (Lipinski definition) is 3. The van der Waals surface area contributed by atoms with E-state index < -0.39 is 0 Å². The number of hydrogen-bond donors (Lipinski definition) is 1. The minimum atomic E-state index is -0.206. The Kier molecular flexibility index (Phi) is 12.5. The van der Waals surface area contributed by atoms with E-state index in [1.54, 1.807) is 5.57 Å². The number of aliphatic hydroxyl groups excluding tert-OH is 1. The van der Waals surface area contributed by atoms with Gasteiger partial charge in [-0.3, -0.25) is 0 Å². The zero-order valence-electron chi connectivity index (χ0n) is 38.9. The highest BCUT2D eigenvalue weighted by atomic mass is 17.2. The first-order valence-corrected chi connectivity index (χ1v) is 25.5. The predicted molar refractivity (Wildman–Crippen MR) is 237 cm³/mol. The maximum Gasteiger partial charge on any atom is 0.115 e. The molecule has 3 nitrogen and oxygen atoms in total. The van der Waals surface area contributed by atoms with Crippen molar-refractivity contribution in [1.29, 1.82) is 0 Å². The fourth-order valence-corrected chi connectivity index (χ4v) is 17.6. The normalized spacial score (nSPS) is 47.6. The van der Waals surface area contributed by atoms with Crippen molar-refractivity contribution < 1.29 is 14.9 Å². The van der Waals surface area contributed by atoms with Crippen LogP contribution in [0.3, 0.4) is 0 Å². The van der Waals surface area contributed by atoms with Gasteiger partial charge in [0.25, 0.3) is 0 Å². The van der Waals surface area contributed by atoms with Crippen molar-refractivity contribution in [2.45, 2.75) is 222 Å². The molecule has 6 saturated carbocycles. The van der Waals surface area contributed by atoms with Crippen molar-refractivity contribution in [2.24, 2.45) is 92.7 Å². The third kappa shape index (κ3) is 7.67. The van der Waals surface area contributed by atoms with E-state index in [0.29, 0.717) is 34.0 Å². The molecule has 8 aliphatic carbocycles. The number of rotatable bonds is 13. The van der Waals surface area contributed by atoms with Gasteiger partial charge in [-0.05, 0) is 189 Å². The maximum absolute atomic E-state index is 10.9. The van der Waals surface area contributed by atoms with Gasteiger partial charge in [0.2, 0.25) is 0 Å². The first-order chi connectivity index (χ1) is 27.1. The van der Waals surface area contributed by atoms with E-state index in [1.807, 2.05) is 0 Å². The topological polar surface area (TPSA) is 38.7 Å². The van der Waals surface area contributed by atoms with E-state index in [2.05, 4.69) is 81.4 Å². The zero-order chi connectivity index (χ0) is 40.5. The van der Waals surface area contributed by atoms with Crippen LogP contribution in [0.5, 0.6) is 0 Å². The first-order valence-electron chi connectivity index (χ1n) is 25.5. The van der Waals surface area contributed by atoms with Crippen molar-refractivity contribution in [3.8, 4) is 0 Å². The van der Waals surface area contributed by atoms with Crippen LogP contribution in [0.25, 0.3) is 0 Å². The highest BCUT2D eigenvalue weighted by Crippen LogP contribution is 2.69. The molecule has 0 aromatic rings. The summed E-state index contributed by atoms with van der Waals surface area (Å²) < 4.78 is 0. The summed E-state index contributed by atoms with van der Waals surface area (Å²) in [6.07, 6.45) is 32.5. The first kappa shape index (κ1) is 43.0. The lowest BCUT2D eigenvalue weighted by atomic mass is 9.46. The van der Waals surface area contributed by atoms with E-state index >= 15 is 0 Å². The van der Waals surface area contributed by atoms with Gasteiger partial charge in [0.05, 0.1) is 12.2 Å². The van der Waals surface area contributed by atoms with Crippen LogP contribution in [0.2, 0.25) is 0 Å². The molecule has 17 atom stereocenters. The van der Waals surface area contributed by atoms with Crippen molar-refractivity contribution >= 4 is 0 Å². The Balaban J connectivity index is 0.954. The van der Waals surface area contributed by atoms with Crippen LogP contribution >= 0.6 is 0 Å². The lowest BCUT2D eigenvalue weighted by Gasteiger charge is -2.60. The average Bonchev–Trinajstić information content (AvgIpc) is 3.70. The van der Waals surface area contributed by atoms with Crippen LogP contribution in [0.4, 0.5) is 0 Å². The summed E-state index contributed by atoms with van der Waals surface area (Å²) in [5, 5.41) is 10.9. The molecule has 0 heterocycles. The largest absolute Gasteiger partial charge is 0.393 e. The van der Waals surface area contributed by atoms with Crippen LogP contribution < -0.4 is 0 Å². The molecule has 8 aliphatic rings. The molecule has 0 saturated heterocycles. The van der Waals surface area contributed by atoms with Gasteiger partial charge in [-0.1, -0.05) is 131 Å². The molecular weight excluding hydrogens is 697 g/mol. The summed E-state index contributed by atoms with van der Waals surface area (Å²) in [4.78, 5) is 13.7. The summed E-state index contributed by atoms with van der Waals surface area (Å²) in [7, 11) is 0. The Hall–Kier alpha value is -0.640. The molecule has 6 fully saturated rings. The quantitative estimate of drug-likeness (QED) is 0.115. The molecule has 324 valence electrons. The molecule has 4 unspecified atom stereocenters. The predicted octanol–water partition coefficient (Wildman–Crippen LogP) is 14.7. The molecule has 0 aromatic carbocycles. The lowest BCUT2D eigenvalue weighted by Crippen LogP contribution is -2.55. The van der Waals surface area contributed by atoms with Gasteiger partial charge in [0, 0.05) is 0 Å². The van der Waals surface area contributed by atoms with Gasteiger partial charge in [-0.25, -0.2) is 9.78 Å². The second-order valence-electron chi connectivity index (χ2n) is 24.6. The Morgan fingerprint density at radius 3 is 1.82 bits per heavy atom. The zero-order valence-corrected chi connectivity index (χ0v) is 38.9. The standard InChI is InChI=1S/C54H90O3/c1-34(2)13-11-15-36(5)43-19-21-45-42-18-17-38-32-41(24-28-51(38,7)46(42)25-29-53(43,45)9)56-57-49-33-39-31-40(55)23-27-52(39,8)48-26-30-54(10)44(20-22-47(54)50(48)49)37(6)16-12-14-35(3)4/h17,33-37,40-50,55H,11-16,18-32H2,1-10H3/t36-,37-,40-,41?,42+,43-,44-,45+,46+,47?,48?,49-,50?,51+,52+,53-,54-/m1/s1. The van der Waals surface area contributed by atoms with Crippen LogP contribution in [0, 0.1) is 92.7 Å². The van der Waals surface area contributed by atoms with Crippen LogP contribution in [0.1, 0.15) is 204 Å². The highest BCUT2D eigenvalue weighted by molar-refractivity contribution is 5.29. The Bertz CT molecular complexity index is 1460. The van der Waals surface area contributed by atoms with Crippen molar-refractivity contribution in [1.82, 2.24) is 0 Å². The van der Waals surface area contributed by atoms with Gasteiger partial charge in [-0.2, -0.15) is 0 Å². The smallest absolute Gasteiger partial charge is 0.115 e. The van der Waals surface area contributed by atoms with E-state index in [9.17, 15) is 5.11 Å². The molecular formula is C54H90O3. The molecule has 8 rings (SSSR count). The SMILES string of the molecule is CC(C)CCC[C@@H](C)[C@H]1CC[C@H]2[C@@H]3CC=C4CC(OO[C@@H]5C=C6C[C@H](O)CC[C@]6(C)C6CC[C@@]7(C)C(CC[C@@H]7[C@H](C)CCCC(C)C)C65)CC[C@]4(C)[C@H]3CC[C@]12C. The average molecular weight is 787 g/mol. The van der Waals surface area contributed by atoms with Crippen LogP contribution in [0.15, 0.2) is 23.3 Å². The van der Waals surface area contributed by atoms with Crippen LogP contribution in [-0.4, -0.2) is 23.4 Å². The summed E-state index contributed by atoms with van der Waals surface area (Å²) >= 11 is 0. The monoisotopic (exact) mass is 787 g/mol. The van der Waals surface area contributed by atoms with Crippen LogP contribution in [-0.2, 0) is 9.78 Å². The second kappa shape index (κ2) is 16.6. The van der Waals surface area contributed by atoms with Crippen molar-refractivity contribution in [3.63, 3.8) is 0 Å². The molecule has 0 spiro atoms. The van der Waals surface area contributed by atoms with Gasteiger partial charge in [-0.15, -0.1) is 0 Å². The molecule has 0 bridgehead atoms. The number of fused-ring (bicyclic) bond motifs is 10. The third-order valence-corrected chi connectivity index (χ3v) is 20.8. The summed E-state index contributed by atoms with van der Waals surface area (Å²) in [6, 6.07) is 0. The van der Waals surface area contributed by atoms with E-state index in [-0.39, 0.29) is 23.7 Å². The van der Waals surface area contributed by atoms with Gasteiger partial charge in [0.1, 0.15) is 6.10 Å². The molecule has 0 aliphatic heterocycles. The molecule has 57 heavy (non-hydrogen) atoms. The van der Waals surface area contributed by atoms with Crippen molar-refractivity contribution in [3.05, 3.63) is 23.3 Å². The second-order valence-corrected chi connectivity index (χ2v) is 24.6. The van der Waals surface area contributed by atoms with Gasteiger partial charge in [0.15, 0.2) is 0 Å². The van der Waals surface area contributed by atoms with E-state index in [1.165, 1.54) is 108 Å². The van der Waals surface area contributed by atoms with E-state index in [4.69, 9.17) is 9.78 Å². The number of aliphatic hydroxyl groups is 1. The Morgan fingerprint density at radius 1 is 0.596 bits per heavy atom. The third-order valence-electron chi connectivity index (χ3n) is 20.8.